The number of ether oxygens (including phenoxy) is 1. The van der Waals surface area contributed by atoms with Gasteiger partial charge in [-0.1, -0.05) is 0 Å². The van der Waals surface area contributed by atoms with Crippen molar-refractivity contribution in [2.45, 2.75) is 19.4 Å². The fraction of sp³-hybridized carbons (Fsp3) is 0.500. The molecule has 8 heteroatoms. The van der Waals surface area contributed by atoms with Crippen molar-refractivity contribution in [2.75, 3.05) is 38.7 Å². The van der Waals surface area contributed by atoms with Crippen LogP contribution in [0.15, 0.2) is 17.6 Å². The number of morpholine rings is 1. The molecule has 24 heavy (non-hydrogen) atoms. The Hall–Kier alpha value is -2.06. The summed E-state index contributed by atoms with van der Waals surface area (Å²) in [5.41, 5.74) is 1.64. The Kier molecular flexibility index (Phi) is 5.06. The van der Waals surface area contributed by atoms with Gasteiger partial charge in [0, 0.05) is 32.2 Å². The first kappa shape index (κ1) is 16.8. The van der Waals surface area contributed by atoms with Gasteiger partial charge >= 0.3 is 0 Å². The zero-order chi connectivity index (χ0) is 17.1. The SMILES string of the molecule is Cc1nc(CC(=O)N2CCO[C@H](c3ccnc(N(C)C)n3)C2)cs1. The molecule has 2 aromatic rings. The number of carbonyl (C=O) groups is 1. The summed E-state index contributed by atoms with van der Waals surface area (Å²) < 4.78 is 5.82. The predicted octanol–water partition coefficient (Wildman–Crippen LogP) is 1.45. The van der Waals surface area contributed by atoms with Gasteiger partial charge < -0.3 is 14.5 Å². The van der Waals surface area contributed by atoms with Gasteiger partial charge in [0.1, 0.15) is 6.10 Å². The zero-order valence-corrected chi connectivity index (χ0v) is 14.9. The van der Waals surface area contributed by atoms with E-state index in [0.717, 1.165) is 16.4 Å². The Morgan fingerprint density at radius 1 is 1.46 bits per heavy atom. The molecule has 0 aromatic carbocycles. The Balaban J connectivity index is 1.67. The molecule has 1 fully saturated rings. The van der Waals surface area contributed by atoms with E-state index in [1.807, 2.05) is 42.3 Å². The van der Waals surface area contributed by atoms with Gasteiger partial charge in [-0.2, -0.15) is 0 Å². The van der Waals surface area contributed by atoms with Crippen LogP contribution in [0.25, 0.3) is 0 Å². The highest BCUT2D eigenvalue weighted by Gasteiger charge is 2.27. The van der Waals surface area contributed by atoms with Crippen LogP contribution in [0.3, 0.4) is 0 Å². The molecule has 1 atom stereocenters. The van der Waals surface area contributed by atoms with Crippen molar-refractivity contribution >= 4 is 23.2 Å². The summed E-state index contributed by atoms with van der Waals surface area (Å²) in [4.78, 5) is 29.3. The number of aromatic nitrogens is 3. The number of carbonyl (C=O) groups excluding carboxylic acids is 1. The number of aryl methyl sites for hydroxylation is 1. The Morgan fingerprint density at radius 3 is 3.00 bits per heavy atom. The van der Waals surface area contributed by atoms with Gasteiger partial charge in [0.15, 0.2) is 0 Å². The first-order valence-corrected chi connectivity index (χ1v) is 8.71. The van der Waals surface area contributed by atoms with Crippen molar-refractivity contribution in [1.82, 2.24) is 19.9 Å². The van der Waals surface area contributed by atoms with Gasteiger partial charge in [-0.05, 0) is 13.0 Å². The second-order valence-electron chi connectivity index (χ2n) is 5.91. The van der Waals surface area contributed by atoms with Crippen molar-refractivity contribution < 1.29 is 9.53 Å². The van der Waals surface area contributed by atoms with E-state index in [1.165, 1.54) is 0 Å². The molecule has 128 valence electrons. The lowest BCUT2D eigenvalue weighted by atomic mass is 10.2. The van der Waals surface area contributed by atoms with Crippen molar-refractivity contribution in [3.05, 3.63) is 34.0 Å². The third kappa shape index (κ3) is 3.88. The molecule has 0 spiro atoms. The van der Waals surface area contributed by atoms with E-state index in [4.69, 9.17) is 4.74 Å². The van der Waals surface area contributed by atoms with Crippen LogP contribution in [-0.4, -0.2) is 59.6 Å². The molecule has 3 rings (SSSR count). The largest absolute Gasteiger partial charge is 0.368 e. The molecule has 0 radical (unpaired) electrons. The average Bonchev–Trinajstić information content (AvgIpc) is 3.00. The first-order valence-electron chi connectivity index (χ1n) is 7.83. The molecule has 7 nitrogen and oxygen atoms in total. The summed E-state index contributed by atoms with van der Waals surface area (Å²) >= 11 is 1.57. The molecule has 0 saturated carbocycles. The van der Waals surface area contributed by atoms with Crippen LogP contribution in [0, 0.1) is 6.92 Å². The molecular weight excluding hydrogens is 326 g/mol. The van der Waals surface area contributed by atoms with Gasteiger partial charge in [0.2, 0.25) is 11.9 Å². The van der Waals surface area contributed by atoms with E-state index in [0.29, 0.717) is 32.1 Å². The van der Waals surface area contributed by atoms with E-state index in [2.05, 4.69) is 15.0 Å². The van der Waals surface area contributed by atoms with Crippen LogP contribution in [0.4, 0.5) is 5.95 Å². The number of thiazole rings is 1. The zero-order valence-electron chi connectivity index (χ0n) is 14.1. The smallest absolute Gasteiger partial charge is 0.228 e. The predicted molar refractivity (Wildman–Crippen MR) is 92.2 cm³/mol. The van der Waals surface area contributed by atoms with Crippen molar-refractivity contribution in [1.29, 1.82) is 0 Å². The highest BCUT2D eigenvalue weighted by Crippen LogP contribution is 2.22. The van der Waals surface area contributed by atoms with Crippen LogP contribution in [0.1, 0.15) is 22.5 Å². The summed E-state index contributed by atoms with van der Waals surface area (Å²) in [6.07, 6.45) is 1.84. The van der Waals surface area contributed by atoms with Crippen LogP contribution in [-0.2, 0) is 16.0 Å². The second-order valence-corrected chi connectivity index (χ2v) is 6.97. The maximum absolute atomic E-state index is 12.5. The molecule has 1 amide bonds. The van der Waals surface area contributed by atoms with E-state index in [1.54, 1.807) is 17.5 Å². The molecule has 3 heterocycles. The molecule has 0 bridgehead atoms. The normalized spacial score (nSPS) is 17.8. The molecule has 1 saturated heterocycles. The molecule has 2 aromatic heterocycles. The number of hydrogen-bond donors (Lipinski definition) is 0. The first-order chi connectivity index (χ1) is 11.5. The molecular formula is C16H21N5O2S. The fourth-order valence-electron chi connectivity index (χ4n) is 2.57. The van der Waals surface area contributed by atoms with E-state index < -0.39 is 0 Å². The number of rotatable bonds is 4. The van der Waals surface area contributed by atoms with Gasteiger partial charge in [-0.3, -0.25) is 4.79 Å². The molecule has 1 aliphatic rings. The third-order valence-corrected chi connectivity index (χ3v) is 4.63. The maximum atomic E-state index is 12.5. The number of anilines is 1. The standard InChI is InChI=1S/C16H21N5O2S/c1-11-18-12(10-24-11)8-15(22)21-6-7-23-14(9-21)13-4-5-17-16(19-13)20(2)3/h4-5,10,14H,6-9H2,1-3H3/t14-/m0/s1. The average molecular weight is 347 g/mol. The van der Waals surface area contributed by atoms with Gasteiger partial charge in [-0.15, -0.1) is 11.3 Å². The Bertz CT molecular complexity index is 718. The van der Waals surface area contributed by atoms with Crippen LogP contribution >= 0.6 is 11.3 Å². The summed E-state index contributed by atoms with van der Waals surface area (Å²) in [5, 5.41) is 2.92. The lowest BCUT2D eigenvalue weighted by molar-refractivity contribution is -0.138. The lowest BCUT2D eigenvalue weighted by Gasteiger charge is -2.32. The summed E-state index contributed by atoms with van der Waals surface area (Å²) in [7, 11) is 3.79. The van der Waals surface area contributed by atoms with E-state index in [-0.39, 0.29) is 12.0 Å². The number of hydrogen-bond acceptors (Lipinski definition) is 7. The molecule has 0 unspecified atom stereocenters. The van der Waals surface area contributed by atoms with Gasteiger partial charge in [0.25, 0.3) is 0 Å². The van der Waals surface area contributed by atoms with Crippen molar-refractivity contribution in [2.24, 2.45) is 0 Å². The third-order valence-electron chi connectivity index (χ3n) is 3.81. The van der Waals surface area contributed by atoms with E-state index >= 15 is 0 Å². The van der Waals surface area contributed by atoms with Crippen LogP contribution in [0.5, 0.6) is 0 Å². The fourth-order valence-corrected chi connectivity index (χ4v) is 3.18. The number of nitrogens with zero attached hydrogens (tertiary/aromatic N) is 5. The monoisotopic (exact) mass is 347 g/mol. The minimum absolute atomic E-state index is 0.0792. The highest BCUT2D eigenvalue weighted by molar-refractivity contribution is 7.09. The Labute approximate surface area is 145 Å². The Morgan fingerprint density at radius 2 is 2.29 bits per heavy atom. The van der Waals surface area contributed by atoms with E-state index in [9.17, 15) is 4.79 Å². The highest BCUT2D eigenvalue weighted by atomic mass is 32.1. The maximum Gasteiger partial charge on any atom is 0.228 e. The van der Waals surface area contributed by atoms with Gasteiger partial charge in [0.05, 0.1) is 36.0 Å². The second kappa shape index (κ2) is 7.23. The molecule has 0 aliphatic carbocycles. The van der Waals surface area contributed by atoms with Crippen LogP contribution in [0.2, 0.25) is 0 Å². The van der Waals surface area contributed by atoms with Gasteiger partial charge in [-0.25, -0.2) is 15.0 Å². The quantitative estimate of drug-likeness (QED) is 0.834. The number of amides is 1. The lowest BCUT2D eigenvalue weighted by Crippen LogP contribution is -2.43. The topological polar surface area (TPSA) is 71.5 Å². The summed E-state index contributed by atoms with van der Waals surface area (Å²) in [6, 6.07) is 1.84. The van der Waals surface area contributed by atoms with Crippen molar-refractivity contribution in [3.63, 3.8) is 0 Å². The minimum Gasteiger partial charge on any atom is -0.368 e. The summed E-state index contributed by atoms with van der Waals surface area (Å²) in [5.74, 6) is 0.716. The molecule has 0 N–H and O–H groups in total. The summed E-state index contributed by atoms with van der Waals surface area (Å²) in [6.45, 7) is 3.56. The molecule has 1 aliphatic heterocycles. The van der Waals surface area contributed by atoms with Crippen molar-refractivity contribution in [3.8, 4) is 0 Å². The van der Waals surface area contributed by atoms with Crippen LogP contribution < -0.4 is 4.90 Å². The minimum atomic E-state index is -0.221.